The van der Waals surface area contributed by atoms with Gasteiger partial charge in [0, 0.05) is 12.4 Å². The molecule has 0 aromatic carbocycles. The van der Waals surface area contributed by atoms with Crippen molar-refractivity contribution in [2.75, 3.05) is 0 Å². The first-order valence-corrected chi connectivity index (χ1v) is 6.84. The summed E-state index contributed by atoms with van der Waals surface area (Å²) >= 11 is 0. The van der Waals surface area contributed by atoms with Gasteiger partial charge in [0.25, 0.3) is 0 Å². The Bertz CT molecular complexity index is 359. The normalized spacial score (nSPS) is 11.7. The van der Waals surface area contributed by atoms with Crippen LogP contribution in [0.15, 0.2) is 18.5 Å². The quantitative estimate of drug-likeness (QED) is 0.363. The van der Waals surface area contributed by atoms with Gasteiger partial charge in [0.1, 0.15) is 0 Å². The van der Waals surface area contributed by atoms with Crippen LogP contribution in [0, 0.1) is 0 Å². The summed E-state index contributed by atoms with van der Waals surface area (Å²) in [4.78, 5) is 31.3. The summed E-state index contributed by atoms with van der Waals surface area (Å²) in [6.07, 6.45) is 2.98. The average molecular weight is 310 g/mol. The van der Waals surface area contributed by atoms with Crippen molar-refractivity contribution in [2.24, 2.45) is 0 Å². The van der Waals surface area contributed by atoms with Gasteiger partial charge in [0.2, 0.25) is 0 Å². The molecule has 1 unspecified atom stereocenters. The molecule has 13 heteroatoms. The maximum atomic E-state index is 10.5. The van der Waals surface area contributed by atoms with E-state index in [9.17, 15) is 4.57 Å². The summed E-state index contributed by atoms with van der Waals surface area (Å²) in [7, 11) is -7.53. The lowest BCUT2D eigenvalue weighted by atomic mass is 10.7. The lowest BCUT2D eigenvalue weighted by Crippen LogP contribution is -2.16. The molecule has 0 saturated carbocycles. The summed E-state index contributed by atoms with van der Waals surface area (Å²) in [5, 5.41) is 12.6. The van der Waals surface area contributed by atoms with E-state index in [1.807, 2.05) is 0 Å². The number of hydrogen-bond acceptors (Lipinski definition) is 4. The molecular weight excluding hydrogens is 294 g/mol. The molecule has 11 nitrogen and oxygen atoms in total. The summed E-state index contributed by atoms with van der Waals surface area (Å²) in [6, 6.07) is 1.60. The van der Waals surface area contributed by atoms with Gasteiger partial charge in [-0.2, -0.15) is 5.10 Å². The molecule has 1 aromatic rings. The number of aliphatic hydroxyl groups excluding tert-OH is 1. The highest BCUT2D eigenvalue weighted by Gasteiger charge is 2.26. The number of aromatic nitrogens is 2. The van der Waals surface area contributed by atoms with E-state index >= 15 is 0 Å². The summed E-state index contributed by atoms with van der Waals surface area (Å²) in [6.45, 7) is -0.197. The second-order valence-electron chi connectivity index (χ2n) is 2.58. The zero-order valence-electron chi connectivity index (χ0n) is 8.91. The Labute approximate surface area is 102 Å². The lowest BCUT2D eigenvalue weighted by molar-refractivity contribution is 0.180. The van der Waals surface area contributed by atoms with Crippen LogP contribution in [0.5, 0.6) is 0 Å². The number of rotatable bonds is 3. The third kappa shape index (κ3) is 11.9. The maximum Gasteiger partial charge on any atom is 0.355 e. The fourth-order valence-corrected chi connectivity index (χ4v) is 1.06. The molecule has 110 valence electrons. The van der Waals surface area contributed by atoms with E-state index in [-0.39, 0.29) is 17.5 Å². The van der Waals surface area contributed by atoms with Crippen molar-refractivity contribution in [3.63, 3.8) is 0 Å². The van der Waals surface area contributed by atoms with Crippen LogP contribution < -0.4 is 0 Å². The Kier molecular flexibility index (Phi) is 12.9. The van der Waals surface area contributed by atoms with Gasteiger partial charge in [-0.3, -0.25) is 13.8 Å². The molecule has 0 aliphatic heterocycles. The van der Waals surface area contributed by atoms with E-state index in [0.717, 1.165) is 0 Å². The molecule has 0 spiro atoms. The molecule has 0 fully saturated rings. The van der Waals surface area contributed by atoms with Crippen LogP contribution in [-0.4, -0.2) is 51.3 Å². The van der Waals surface area contributed by atoms with Crippen molar-refractivity contribution in [1.82, 2.24) is 9.78 Å². The van der Waals surface area contributed by atoms with Crippen molar-refractivity contribution in [2.45, 2.75) is 12.4 Å². The second kappa shape index (κ2) is 10.3. The SMILES string of the molecule is O.O.O=P(O)(O)C(O)Cn1cccn1.O=[PH](O)O. The first-order valence-electron chi connectivity index (χ1n) is 3.86. The van der Waals surface area contributed by atoms with Gasteiger partial charge < -0.3 is 35.6 Å². The Morgan fingerprint density at radius 2 is 1.78 bits per heavy atom. The third-order valence-corrected chi connectivity index (χ3v) is 2.24. The molecule has 1 heterocycles. The van der Waals surface area contributed by atoms with Crippen LogP contribution in [0.2, 0.25) is 0 Å². The predicted octanol–water partition coefficient (Wildman–Crippen LogP) is -2.91. The first kappa shape index (κ1) is 22.6. The van der Waals surface area contributed by atoms with E-state index in [4.69, 9.17) is 29.2 Å². The molecule has 18 heavy (non-hydrogen) atoms. The number of aliphatic hydroxyl groups is 1. The first-order chi connectivity index (χ1) is 7.23. The standard InChI is InChI=1S/C5H9N2O4P.H3O3P.2H2O/c8-5(12(9,10)11)4-7-3-1-2-6-7;1-4(2)3;;/h1-3,5,8H,4H2,(H2,9,10,11);4H,(H2,1,2,3);2*1H2. The van der Waals surface area contributed by atoms with Crippen molar-refractivity contribution >= 4 is 15.9 Å². The van der Waals surface area contributed by atoms with Gasteiger partial charge >= 0.3 is 15.9 Å². The molecule has 1 atom stereocenters. The Morgan fingerprint density at radius 1 is 1.33 bits per heavy atom. The van der Waals surface area contributed by atoms with Gasteiger partial charge in [-0.05, 0) is 6.07 Å². The molecule has 1 rings (SSSR count). The van der Waals surface area contributed by atoms with E-state index in [1.165, 1.54) is 17.1 Å². The zero-order chi connectivity index (χ0) is 12.8. The van der Waals surface area contributed by atoms with E-state index < -0.39 is 21.7 Å². The lowest BCUT2D eigenvalue weighted by Gasteiger charge is -2.11. The third-order valence-electron chi connectivity index (χ3n) is 1.30. The molecule has 0 radical (unpaired) electrons. The van der Waals surface area contributed by atoms with Crippen LogP contribution in [-0.2, 0) is 15.7 Å². The van der Waals surface area contributed by atoms with Gasteiger partial charge in [0.05, 0.1) is 6.54 Å². The van der Waals surface area contributed by atoms with Crippen LogP contribution in [0.4, 0.5) is 0 Å². The minimum Gasteiger partial charge on any atom is -0.412 e. The fraction of sp³-hybridized carbons (Fsp3) is 0.400. The minimum atomic E-state index is -4.40. The topological polar surface area (TPSA) is 216 Å². The smallest absolute Gasteiger partial charge is 0.355 e. The van der Waals surface area contributed by atoms with Gasteiger partial charge in [-0.1, -0.05) is 0 Å². The molecule has 0 amide bonds. The van der Waals surface area contributed by atoms with Crippen molar-refractivity contribution in [3.05, 3.63) is 18.5 Å². The maximum absolute atomic E-state index is 10.5. The van der Waals surface area contributed by atoms with Crippen LogP contribution in [0.1, 0.15) is 0 Å². The molecule has 0 aliphatic carbocycles. The Balaban J connectivity index is -0.000000332. The van der Waals surface area contributed by atoms with Gasteiger partial charge in [-0.15, -0.1) is 0 Å². The highest BCUT2D eigenvalue weighted by molar-refractivity contribution is 7.52. The molecule has 0 aliphatic rings. The van der Waals surface area contributed by atoms with Crippen LogP contribution in [0.25, 0.3) is 0 Å². The molecule has 9 N–H and O–H groups in total. The molecule has 0 bridgehead atoms. The highest BCUT2D eigenvalue weighted by Crippen LogP contribution is 2.39. The van der Waals surface area contributed by atoms with Crippen LogP contribution >= 0.6 is 15.9 Å². The summed E-state index contributed by atoms with van der Waals surface area (Å²) in [5.41, 5.74) is 0. The fourth-order valence-electron chi connectivity index (χ4n) is 0.682. The monoisotopic (exact) mass is 310 g/mol. The van der Waals surface area contributed by atoms with Crippen LogP contribution in [0.3, 0.4) is 0 Å². The molecule has 1 aromatic heterocycles. The Hall–Kier alpha value is -0.610. The van der Waals surface area contributed by atoms with Crippen molar-refractivity contribution in [3.8, 4) is 0 Å². The van der Waals surface area contributed by atoms with E-state index in [1.54, 1.807) is 6.07 Å². The number of hydrogen-bond donors (Lipinski definition) is 5. The molecule has 0 saturated heterocycles. The predicted molar refractivity (Wildman–Crippen MR) is 60.9 cm³/mol. The second-order valence-corrected chi connectivity index (χ2v) is 4.92. The molecular formula is C5H16N2O9P2. The Morgan fingerprint density at radius 3 is 2.06 bits per heavy atom. The van der Waals surface area contributed by atoms with Gasteiger partial charge in [0.15, 0.2) is 5.85 Å². The van der Waals surface area contributed by atoms with E-state index in [0.29, 0.717) is 0 Å². The minimum absolute atomic E-state index is 0. The highest BCUT2D eigenvalue weighted by atomic mass is 31.2. The largest absolute Gasteiger partial charge is 0.412 e. The average Bonchev–Trinajstić information content (AvgIpc) is 2.53. The van der Waals surface area contributed by atoms with Crippen molar-refractivity contribution < 1.29 is 44.8 Å². The zero-order valence-corrected chi connectivity index (χ0v) is 10.8. The number of nitrogens with zero attached hydrogens (tertiary/aromatic N) is 2. The summed E-state index contributed by atoms with van der Waals surface area (Å²) in [5.74, 6) is -1.68. The van der Waals surface area contributed by atoms with E-state index in [2.05, 4.69) is 5.10 Å². The summed E-state index contributed by atoms with van der Waals surface area (Å²) < 4.78 is 20.5. The van der Waals surface area contributed by atoms with Gasteiger partial charge in [-0.25, -0.2) is 0 Å². The van der Waals surface area contributed by atoms with Crippen molar-refractivity contribution in [1.29, 1.82) is 0 Å².